The van der Waals surface area contributed by atoms with Gasteiger partial charge in [0.2, 0.25) is 23.2 Å². The van der Waals surface area contributed by atoms with Gasteiger partial charge in [0.05, 0.1) is 47.7 Å². The number of fused-ring (bicyclic) bond motifs is 1. The van der Waals surface area contributed by atoms with E-state index in [0.717, 1.165) is 0 Å². The summed E-state index contributed by atoms with van der Waals surface area (Å²) in [6, 6.07) is 4.12. The van der Waals surface area contributed by atoms with Crippen LogP contribution in [0.5, 0.6) is 40.2 Å². The highest BCUT2D eigenvalue weighted by molar-refractivity contribution is 5.92. The molecular weight excluding hydrogens is 536 g/mol. The maximum atomic E-state index is 13.5. The highest BCUT2D eigenvalue weighted by Gasteiger charge is 2.45. The van der Waals surface area contributed by atoms with Crippen LogP contribution in [-0.2, 0) is 4.74 Å². The van der Waals surface area contributed by atoms with Crippen molar-refractivity contribution in [3.05, 3.63) is 28.4 Å². The minimum absolute atomic E-state index is 0.0532. The van der Waals surface area contributed by atoms with Crippen molar-refractivity contribution >= 4 is 11.0 Å². The van der Waals surface area contributed by atoms with Crippen LogP contribution < -0.4 is 33.8 Å². The van der Waals surface area contributed by atoms with Crippen LogP contribution in [0.1, 0.15) is 0 Å². The highest BCUT2D eigenvalue weighted by Crippen LogP contribution is 2.47. The van der Waals surface area contributed by atoms with E-state index >= 15 is 0 Å². The molecule has 14 heteroatoms. The zero-order valence-corrected chi connectivity index (χ0v) is 22.2. The summed E-state index contributed by atoms with van der Waals surface area (Å²) < 4.78 is 44.0. The second kappa shape index (κ2) is 11.7. The summed E-state index contributed by atoms with van der Waals surface area (Å²) >= 11 is 0. The van der Waals surface area contributed by atoms with Crippen molar-refractivity contribution in [3.63, 3.8) is 0 Å². The number of hydrogen-bond acceptors (Lipinski definition) is 14. The van der Waals surface area contributed by atoms with Crippen molar-refractivity contribution in [2.24, 2.45) is 0 Å². The lowest BCUT2D eigenvalue weighted by atomic mass is 9.99. The van der Waals surface area contributed by atoms with Gasteiger partial charge in [-0.1, -0.05) is 0 Å². The van der Waals surface area contributed by atoms with Crippen LogP contribution >= 0.6 is 0 Å². The van der Waals surface area contributed by atoms with E-state index < -0.39 is 48.5 Å². The average molecular weight is 567 g/mol. The van der Waals surface area contributed by atoms with Gasteiger partial charge < -0.3 is 63.1 Å². The molecule has 0 amide bonds. The molecule has 0 spiro atoms. The van der Waals surface area contributed by atoms with Crippen molar-refractivity contribution in [3.8, 4) is 51.6 Å². The second-order valence-corrected chi connectivity index (χ2v) is 8.65. The Hall–Kier alpha value is -3.95. The monoisotopic (exact) mass is 566 g/mol. The van der Waals surface area contributed by atoms with Crippen molar-refractivity contribution < 1.29 is 63.1 Å². The Kier molecular flexibility index (Phi) is 8.46. The van der Waals surface area contributed by atoms with Gasteiger partial charge in [0, 0.05) is 12.1 Å². The van der Waals surface area contributed by atoms with Gasteiger partial charge in [-0.3, -0.25) is 4.79 Å². The van der Waals surface area contributed by atoms with E-state index in [2.05, 4.69) is 0 Å². The van der Waals surface area contributed by atoms with E-state index in [1.807, 2.05) is 0 Å². The molecule has 1 aliphatic rings. The van der Waals surface area contributed by atoms with Crippen LogP contribution in [-0.4, -0.2) is 98.4 Å². The third-order valence-corrected chi connectivity index (χ3v) is 6.49. The number of aliphatic hydroxyl groups excluding tert-OH is 4. The van der Waals surface area contributed by atoms with Crippen LogP contribution in [0.15, 0.2) is 27.4 Å². The van der Waals surface area contributed by atoms with Crippen molar-refractivity contribution in [1.82, 2.24) is 0 Å². The first-order valence-electron chi connectivity index (χ1n) is 11.9. The summed E-state index contributed by atoms with van der Waals surface area (Å²) in [5.74, 6) is -0.699. The van der Waals surface area contributed by atoms with Crippen LogP contribution in [0, 0.1) is 0 Å². The second-order valence-electron chi connectivity index (χ2n) is 8.65. The topological polar surface area (TPSA) is 196 Å². The Morgan fingerprint density at radius 3 is 2.00 bits per heavy atom. The van der Waals surface area contributed by atoms with Crippen LogP contribution in [0.2, 0.25) is 0 Å². The van der Waals surface area contributed by atoms with E-state index in [1.165, 1.54) is 53.7 Å². The molecule has 5 atom stereocenters. The molecule has 4 rings (SSSR count). The number of phenols is 1. The number of methoxy groups -OCH3 is 5. The van der Waals surface area contributed by atoms with E-state index in [1.54, 1.807) is 0 Å². The van der Waals surface area contributed by atoms with Gasteiger partial charge in [-0.25, -0.2) is 0 Å². The molecule has 0 bridgehead atoms. The normalized spacial score (nSPS) is 22.6. The van der Waals surface area contributed by atoms with Gasteiger partial charge in [0.1, 0.15) is 41.1 Å². The largest absolute Gasteiger partial charge is 0.504 e. The summed E-state index contributed by atoms with van der Waals surface area (Å²) in [5.41, 5.74) is -0.662. The zero-order valence-electron chi connectivity index (χ0n) is 22.2. The molecule has 1 saturated heterocycles. The number of benzene rings is 2. The van der Waals surface area contributed by atoms with Gasteiger partial charge in [0.15, 0.2) is 28.8 Å². The van der Waals surface area contributed by atoms with Gasteiger partial charge in [-0.05, 0) is 6.07 Å². The summed E-state index contributed by atoms with van der Waals surface area (Å²) in [6.07, 6.45) is -7.73. The summed E-state index contributed by atoms with van der Waals surface area (Å²) in [5, 5.41) is 50.7. The molecule has 14 nitrogen and oxygen atoms in total. The Bertz CT molecular complexity index is 1430. The van der Waals surface area contributed by atoms with E-state index in [-0.39, 0.29) is 56.8 Å². The Labute approximate surface area is 227 Å². The fourth-order valence-corrected chi connectivity index (χ4v) is 4.42. The SMILES string of the molecule is COc1cc(OC)c(-c2oc3cc(OC)c(OC)c(O)c3c(=O)c2OC)cc1OC1OC(CO)C(O)C(O)C1O. The molecule has 2 heterocycles. The lowest BCUT2D eigenvalue weighted by Crippen LogP contribution is -2.60. The molecule has 0 aliphatic carbocycles. The lowest BCUT2D eigenvalue weighted by molar-refractivity contribution is -0.277. The molecular formula is C26H30O14. The van der Waals surface area contributed by atoms with Crippen LogP contribution in [0.25, 0.3) is 22.3 Å². The Balaban J connectivity index is 1.92. The van der Waals surface area contributed by atoms with Gasteiger partial charge in [-0.2, -0.15) is 0 Å². The molecule has 0 saturated carbocycles. The first kappa shape index (κ1) is 29.0. The van der Waals surface area contributed by atoms with Gasteiger partial charge in [-0.15, -0.1) is 0 Å². The van der Waals surface area contributed by atoms with Crippen molar-refractivity contribution in [2.45, 2.75) is 30.7 Å². The fraction of sp³-hybridized carbons (Fsp3) is 0.423. The smallest absolute Gasteiger partial charge is 0.239 e. The molecule has 1 fully saturated rings. The van der Waals surface area contributed by atoms with Crippen molar-refractivity contribution in [2.75, 3.05) is 42.2 Å². The first-order chi connectivity index (χ1) is 19.1. The number of ether oxygens (including phenoxy) is 7. The molecule has 1 aromatic heterocycles. The summed E-state index contributed by atoms with van der Waals surface area (Å²) in [4.78, 5) is 13.5. The fourth-order valence-electron chi connectivity index (χ4n) is 4.42. The minimum Gasteiger partial charge on any atom is -0.504 e. The lowest BCUT2D eigenvalue weighted by Gasteiger charge is -2.39. The third-order valence-electron chi connectivity index (χ3n) is 6.49. The van der Waals surface area contributed by atoms with Gasteiger partial charge >= 0.3 is 0 Å². The maximum absolute atomic E-state index is 13.5. The van der Waals surface area contributed by atoms with Crippen LogP contribution in [0.3, 0.4) is 0 Å². The number of aliphatic hydroxyl groups is 4. The third kappa shape index (κ3) is 4.80. The van der Waals surface area contributed by atoms with Crippen molar-refractivity contribution in [1.29, 1.82) is 0 Å². The molecule has 5 unspecified atom stereocenters. The highest BCUT2D eigenvalue weighted by atomic mass is 16.7. The Morgan fingerprint density at radius 2 is 1.43 bits per heavy atom. The quantitative estimate of drug-likeness (QED) is 0.238. The average Bonchev–Trinajstić information content (AvgIpc) is 2.96. The van der Waals surface area contributed by atoms with E-state index in [4.69, 9.17) is 37.6 Å². The Morgan fingerprint density at radius 1 is 0.775 bits per heavy atom. The summed E-state index contributed by atoms with van der Waals surface area (Å²) in [7, 11) is 6.59. The molecule has 2 aromatic carbocycles. The standard InChI is InChI=1S/C26H30O14/c1-33-11-7-12(34-2)13(39-26-22(32)21(31)18(28)16(9-27)40-26)6-10(11)23-25(37-5)20(30)17-14(38-23)8-15(35-3)24(36-4)19(17)29/h6-8,16,18,21-22,26-29,31-32H,9H2,1-5H3. The number of aromatic hydroxyl groups is 1. The molecule has 218 valence electrons. The van der Waals surface area contributed by atoms with Crippen LogP contribution in [0.4, 0.5) is 0 Å². The van der Waals surface area contributed by atoms with E-state index in [9.17, 15) is 30.3 Å². The summed E-state index contributed by atoms with van der Waals surface area (Å²) in [6.45, 7) is -0.656. The maximum Gasteiger partial charge on any atom is 0.239 e. The molecule has 40 heavy (non-hydrogen) atoms. The zero-order chi connectivity index (χ0) is 29.3. The molecule has 5 N–H and O–H groups in total. The first-order valence-corrected chi connectivity index (χ1v) is 11.9. The minimum atomic E-state index is -1.70. The number of rotatable bonds is 9. The van der Waals surface area contributed by atoms with Gasteiger partial charge in [0.25, 0.3) is 0 Å². The number of hydrogen-bond donors (Lipinski definition) is 5. The molecule has 3 aromatic rings. The number of phenolic OH excluding ortho intramolecular Hbond substituents is 1. The predicted molar refractivity (Wildman–Crippen MR) is 137 cm³/mol. The van der Waals surface area contributed by atoms with E-state index in [0.29, 0.717) is 0 Å². The molecule has 0 radical (unpaired) electrons. The predicted octanol–water partition coefficient (Wildman–Crippen LogP) is 0.387. The molecule has 1 aliphatic heterocycles.